The molecular weight excluding hydrogens is 215 g/mol. The van der Waals surface area contributed by atoms with Gasteiger partial charge in [-0.3, -0.25) is 0 Å². The number of hydrogen-bond acceptors (Lipinski definition) is 2. The first kappa shape index (κ1) is 11.7. The standard InChI is InChI=1S/C14H15FN2/c1-8-4-5-11(6-12(8)15)14-9(2)10(3)17-13(14)7-16/h4-6,9-10,17H,1-3H3. The number of halogens is 1. The third-order valence-corrected chi connectivity index (χ3v) is 3.44. The van der Waals surface area contributed by atoms with Crippen LogP contribution < -0.4 is 5.32 Å². The Morgan fingerprint density at radius 3 is 2.65 bits per heavy atom. The van der Waals surface area contributed by atoms with E-state index in [1.54, 1.807) is 13.0 Å². The molecule has 0 radical (unpaired) electrons. The summed E-state index contributed by atoms with van der Waals surface area (Å²) >= 11 is 0. The Labute approximate surface area is 101 Å². The summed E-state index contributed by atoms with van der Waals surface area (Å²) < 4.78 is 13.6. The van der Waals surface area contributed by atoms with Crippen LogP contribution in [0.3, 0.4) is 0 Å². The van der Waals surface area contributed by atoms with Crippen LogP contribution >= 0.6 is 0 Å². The molecule has 2 unspecified atom stereocenters. The second-order valence-corrected chi connectivity index (χ2v) is 4.59. The quantitative estimate of drug-likeness (QED) is 0.805. The number of nitriles is 1. The van der Waals surface area contributed by atoms with E-state index in [4.69, 9.17) is 5.26 Å². The van der Waals surface area contributed by atoms with Gasteiger partial charge in [-0.15, -0.1) is 0 Å². The zero-order chi connectivity index (χ0) is 12.6. The molecule has 2 nitrogen and oxygen atoms in total. The highest BCUT2D eigenvalue weighted by Gasteiger charge is 2.29. The maximum absolute atomic E-state index is 13.6. The van der Waals surface area contributed by atoms with Crippen LogP contribution in [0.15, 0.2) is 23.9 Å². The maximum Gasteiger partial charge on any atom is 0.126 e. The summed E-state index contributed by atoms with van der Waals surface area (Å²) in [5.74, 6) is -0.00852. The van der Waals surface area contributed by atoms with Crippen molar-refractivity contribution in [3.05, 3.63) is 40.8 Å². The first-order valence-electron chi connectivity index (χ1n) is 5.72. The molecule has 2 rings (SSSR count). The van der Waals surface area contributed by atoms with E-state index in [1.165, 1.54) is 6.07 Å². The Morgan fingerprint density at radius 1 is 1.35 bits per heavy atom. The lowest BCUT2D eigenvalue weighted by atomic mass is 9.91. The van der Waals surface area contributed by atoms with Crippen LogP contribution in [0.2, 0.25) is 0 Å². The van der Waals surface area contributed by atoms with Crippen molar-refractivity contribution in [1.29, 1.82) is 5.26 Å². The number of nitrogens with zero attached hydrogens (tertiary/aromatic N) is 1. The summed E-state index contributed by atoms with van der Waals surface area (Å²) in [4.78, 5) is 0. The molecule has 2 atom stereocenters. The summed E-state index contributed by atoms with van der Waals surface area (Å²) in [7, 11) is 0. The number of allylic oxidation sites excluding steroid dienone is 1. The van der Waals surface area contributed by atoms with Crippen LogP contribution in [0.1, 0.15) is 25.0 Å². The smallest absolute Gasteiger partial charge is 0.126 e. The normalized spacial score (nSPS) is 23.5. The summed E-state index contributed by atoms with van der Waals surface area (Å²) in [6.07, 6.45) is 0. The molecule has 1 aromatic carbocycles. The summed E-state index contributed by atoms with van der Waals surface area (Å²) in [5, 5.41) is 12.2. The van der Waals surface area contributed by atoms with Crippen molar-refractivity contribution in [1.82, 2.24) is 5.32 Å². The van der Waals surface area contributed by atoms with Gasteiger partial charge in [0.2, 0.25) is 0 Å². The molecule has 3 heteroatoms. The van der Waals surface area contributed by atoms with Gasteiger partial charge in [0.25, 0.3) is 0 Å². The molecular formula is C14H15FN2. The van der Waals surface area contributed by atoms with Gasteiger partial charge in [0, 0.05) is 12.0 Å². The fraction of sp³-hybridized carbons (Fsp3) is 0.357. The predicted octanol–water partition coefficient (Wildman–Crippen LogP) is 3.00. The van der Waals surface area contributed by atoms with E-state index in [2.05, 4.69) is 18.3 Å². The molecule has 0 aromatic heterocycles. The summed E-state index contributed by atoms with van der Waals surface area (Å²) in [6.45, 7) is 5.81. The molecule has 1 aliphatic rings. The van der Waals surface area contributed by atoms with Gasteiger partial charge in [0.15, 0.2) is 0 Å². The van der Waals surface area contributed by atoms with Crippen molar-refractivity contribution in [2.24, 2.45) is 5.92 Å². The molecule has 0 saturated carbocycles. The molecule has 1 aromatic rings. The average molecular weight is 230 g/mol. The molecule has 88 valence electrons. The highest BCUT2D eigenvalue weighted by atomic mass is 19.1. The largest absolute Gasteiger partial charge is 0.373 e. The minimum atomic E-state index is -0.223. The van der Waals surface area contributed by atoms with Gasteiger partial charge in [-0.05, 0) is 36.6 Å². The van der Waals surface area contributed by atoms with Gasteiger partial charge in [-0.2, -0.15) is 5.26 Å². The second kappa shape index (κ2) is 4.21. The molecule has 0 fully saturated rings. The minimum Gasteiger partial charge on any atom is -0.373 e. The number of nitrogens with one attached hydrogen (secondary N) is 1. The SMILES string of the molecule is Cc1ccc(C2=C(C#N)NC(C)C2C)cc1F. The lowest BCUT2D eigenvalue weighted by Gasteiger charge is -2.13. The number of benzene rings is 1. The van der Waals surface area contributed by atoms with E-state index in [0.717, 1.165) is 11.1 Å². The average Bonchev–Trinajstić information content (AvgIpc) is 2.59. The Hall–Kier alpha value is -1.82. The molecule has 0 saturated heterocycles. The van der Waals surface area contributed by atoms with Crippen LogP contribution in [-0.4, -0.2) is 6.04 Å². The molecule has 0 amide bonds. The van der Waals surface area contributed by atoms with Gasteiger partial charge >= 0.3 is 0 Å². The molecule has 1 aliphatic heterocycles. The van der Waals surface area contributed by atoms with E-state index < -0.39 is 0 Å². The molecule has 0 bridgehead atoms. The zero-order valence-electron chi connectivity index (χ0n) is 10.2. The van der Waals surface area contributed by atoms with Crippen molar-refractivity contribution in [3.8, 4) is 6.07 Å². The Bertz CT molecular complexity index is 526. The Balaban J connectivity index is 2.52. The van der Waals surface area contributed by atoms with Crippen molar-refractivity contribution in [2.75, 3.05) is 0 Å². The van der Waals surface area contributed by atoms with Crippen LogP contribution in [-0.2, 0) is 0 Å². The summed E-state index contributed by atoms with van der Waals surface area (Å²) in [6, 6.07) is 7.51. The van der Waals surface area contributed by atoms with E-state index in [-0.39, 0.29) is 17.8 Å². The Kier molecular flexibility index (Phi) is 2.89. The molecule has 0 spiro atoms. The third-order valence-electron chi connectivity index (χ3n) is 3.44. The number of aryl methyl sites for hydroxylation is 1. The Morgan fingerprint density at radius 2 is 2.06 bits per heavy atom. The van der Waals surface area contributed by atoms with Crippen molar-refractivity contribution in [2.45, 2.75) is 26.8 Å². The monoisotopic (exact) mass is 230 g/mol. The fourth-order valence-electron chi connectivity index (χ4n) is 2.17. The zero-order valence-corrected chi connectivity index (χ0v) is 10.2. The molecule has 0 aliphatic carbocycles. The first-order valence-corrected chi connectivity index (χ1v) is 5.72. The summed E-state index contributed by atoms with van der Waals surface area (Å²) in [5.41, 5.74) is 2.90. The van der Waals surface area contributed by atoms with E-state index >= 15 is 0 Å². The van der Waals surface area contributed by atoms with Gasteiger partial charge < -0.3 is 5.32 Å². The predicted molar refractivity (Wildman–Crippen MR) is 65.4 cm³/mol. The maximum atomic E-state index is 13.6. The van der Waals surface area contributed by atoms with Crippen LogP contribution in [0.25, 0.3) is 5.57 Å². The minimum absolute atomic E-state index is 0.212. The van der Waals surface area contributed by atoms with Gasteiger partial charge in [0.05, 0.1) is 0 Å². The van der Waals surface area contributed by atoms with Crippen LogP contribution in [0.5, 0.6) is 0 Å². The van der Waals surface area contributed by atoms with Gasteiger partial charge in [-0.1, -0.05) is 19.1 Å². The molecule has 1 N–H and O–H groups in total. The molecule has 17 heavy (non-hydrogen) atoms. The second-order valence-electron chi connectivity index (χ2n) is 4.59. The number of rotatable bonds is 1. The lowest BCUT2D eigenvalue weighted by molar-refractivity contribution is 0.559. The van der Waals surface area contributed by atoms with Crippen LogP contribution in [0, 0.1) is 30.0 Å². The highest BCUT2D eigenvalue weighted by molar-refractivity contribution is 5.75. The molecule has 1 heterocycles. The lowest BCUT2D eigenvalue weighted by Crippen LogP contribution is -2.22. The van der Waals surface area contributed by atoms with Crippen molar-refractivity contribution < 1.29 is 4.39 Å². The number of hydrogen-bond donors (Lipinski definition) is 1. The van der Waals surface area contributed by atoms with Crippen LogP contribution in [0.4, 0.5) is 4.39 Å². The van der Waals surface area contributed by atoms with E-state index in [9.17, 15) is 4.39 Å². The van der Waals surface area contributed by atoms with Crippen molar-refractivity contribution in [3.63, 3.8) is 0 Å². The first-order chi connectivity index (χ1) is 8.04. The van der Waals surface area contributed by atoms with Gasteiger partial charge in [0.1, 0.15) is 17.6 Å². The third kappa shape index (κ3) is 1.91. The fourth-order valence-corrected chi connectivity index (χ4v) is 2.17. The van der Waals surface area contributed by atoms with Gasteiger partial charge in [-0.25, -0.2) is 4.39 Å². The van der Waals surface area contributed by atoms with Crippen molar-refractivity contribution >= 4 is 5.57 Å². The topological polar surface area (TPSA) is 35.8 Å². The highest BCUT2D eigenvalue weighted by Crippen LogP contribution is 2.34. The van der Waals surface area contributed by atoms with E-state index in [0.29, 0.717) is 11.3 Å². The van der Waals surface area contributed by atoms with E-state index in [1.807, 2.05) is 13.0 Å².